The first kappa shape index (κ1) is 3.74. The van der Waals surface area contributed by atoms with Gasteiger partial charge in [-0.15, -0.1) is 0 Å². The highest BCUT2D eigenvalue weighted by Crippen LogP contribution is 2.02. The maximum absolute atomic E-state index is 7.84. The van der Waals surface area contributed by atoms with E-state index < -0.39 is 67.0 Å². The quantitative estimate of drug-likeness (QED) is 0.626. The van der Waals surface area contributed by atoms with Gasteiger partial charge in [0.05, 0.1) is 20.3 Å². The molecule has 0 saturated carbocycles. The molecule has 2 aromatic carbocycles. The van der Waals surface area contributed by atoms with Crippen molar-refractivity contribution in [2.45, 2.75) is 6.54 Å². The molecule has 0 fully saturated rings. The molecule has 2 N–H and O–H groups in total. The van der Waals surface area contributed by atoms with Gasteiger partial charge in [-0.25, -0.2) is 0 Å². The zero-order valence-electron chi connectivity index (χ0n) is 18.2. The molecule has 0 amide bonds. The van der Waals surface area contributed by atoms with Crippen LogP contribution >= 0.6 is 0 Å². The number of nitrogens with zero attached hydrogens (tertiary/aromatic N) is 1. The first-order valence-corrected chi connectivity index (χ1v) is 4.43. The van der Waals surface area contributed by atoms with Crippen LogP contribution in [0.3, 0.4) is 0 Å². The number of hydrogen-bond acceptors (Lipinski definition) is 1. The molecular weight excluding hydrogens is 196 g/mol. The number of aliphatic imine (C=N–C) groups is 1. The molecule has 2 nitrogen and oxygen atoms in total. The molecule has 16 heavy (non-hydrogen) atoms. The van der Waals surface area contributed by atoms with Crippen molar-refractivity contribution in [2.24, 2.45) is 10.7 Å². The summed E-state index contributed by atoms with van der Waals surface area (Å²) in [7, 11) is 0. The lowest BCUT2D eigenvalue weighted by atomic mass is 10.2. The summed E-state index contributed by atoms with van der Waals surface area (Å²) in [4.78, 5) is 3.89. The number of hydrogen-bond donors (Lipinski definition) is 1. The predicted molar refractivity (Wildman–Crippen MR) is 67.3 cm³/mol. The Morgan fingerprint density at radius 3 is 2.19 bits per heavy atom. The van der Waals surface area contributed by atoms with E-state index in [0.29, 0.717) is 0 Å². The van der Waals surface area contributed by atoms with Crippen LogP contribution < -0.4 is 5.73 Å². The Bertz CT molecular complexity index is 880. The lowest BCUT2D eigenvalue weighted by molar-refractivity contribution is 1.06. The van der Waals surface area contributed by atoms with Gasteiger partial charge in [-0.1, -0.05) is 60.4 Å². The second kappa shape index (κ2) is 5.12. The molecular formula is C14H14N2. The highest BCUT2D eigenvalue weighted by molar-refractivity contribution is 5.97. The molecule has 0 radical (unpaired) electrons. The first-order chi connectivity index (χ1) is 12.0. The summed E-state index contributed by atoms with van der Waals surface area (Å²) in [5, 5.41) is 0. The van der Waals surface area contributed by atoms with Crippen LogP contribution in [0.5, 0.6) is 0 Å². The van der Waals surface area contributed by atoms with Crippen molar-refractivity contribution in [2.75, 3.05) is 0 Å². The van der Waals surface area contributed by atoms with Crippen molar-refractivity contribution in [3.05, 3.63) is 71.6 Å². The van der Waals surface area contributed by atoms with E-state index in [1.807, 2.05) is 0 Å². The number of amidine groups is 1. The van der Waals surface area contributed by atoms with Crippen molar-refractivity contribution < 1.29 is 13.7 Å². The Hall–Kier alpha value is -2.09. The van der Waals surface area contributed by atoms with Crippen molar-refractivity contribution in [3.63, 3.8) is 0 Å². The fourth-order valence-electron chi connectivity index (χ4n) is 0.976. The minimum atomic E-state index is -0.568. The van der Waals surface area contributed by atoms with E-state index >= 15 is 0 Å². The normalized spacial score (nSPS) is 20.1. The molecule has 2 aromatic rings. The molecule has 2 heteroatoms. The van der Waals surface area contributed by atoms with Crippen molar-refractivity contribution >= 4 is 5.84 Å². The van der Waals surface area contributed by atoms with E-state index in [0.717, 1.165) is 0 Å². The molecule has 0 bridgehead atoms. The molecule has 0 saturated heterocycles. The lowest BCUT2D eigenvalue weighted by Gasteiger charge is -2.00. The average Bonchev–Trinajstić information content (AvgIpc) is 2.61. The van der Waals surface area contributed by atoms with Crippen molar-refractivity contribution in [3.8, 4) is 0 Å². The number of benzene rings is 2. The average molecular weight is 220 g/mol. The third kappa shape index (κ3) is 2.70. The summed E-state index contributed by atoms with van der Waals surface area (Å²) >= 11 is 0. The Labute approximate surface area is 110 Å². The Morgan fingerprint density at radius 1 is 1.00 bits per heavy atom. The van der Waals surface area contributed by atoms with Gasteiger partial charge in [0, 0.05) is 5.56 Å². The second-order valence-electron chi connectivity index (χ2n) is 2.81. The van der Waals surface area contributed by atoms with Gasteiger partial charge in [0.2, 0.25) is 0 Å². The van der Waals surface area contributed by atoms with Gasteiger partial charge in [0.1, 0.15) is 5.84 Å². The van der Waals surface area contributed by atoms with E-state index in [1.54, 1.807) is 0 Å². The van der Waals surface area contributed by atoms with E-state index in [4.69, 9.17) is 19.4 Å². The van der Waals surface area contributed by atoms with Crippen LogP contribution in [0.1, 0.15) is 24.8 Å². The molecule has 0 spiro atoms. The third-order valence-electron chi connectivity index (χ3n) is 1.72. The van der Waals surface area contributed by atoms with Gasteiger partial charge >= 0.3 is 0 Å². The maximum atomic E-state index is 7.84. The maximum Gasteiger partial charge on any atom is 0.125 e. The van der Waals surface area contributed by atoms with Gasteiger partial charge in [0.15, 0.2) is 0 Å². The number of rotatable bonds is 3. The fourth-order valence-corrected chi connectivity index (χ4v) is 0.976. The van der Waals surface area contributed by atoms with E-state index in [2.05, 4.69) is 4.99 Å². The van der Waals surface area contributed by atoms with Crippen LogP contribution in [0.4, 0.5) is 0 Å². The van der Waals surface area contributed by atoms with E-state index in [-0.39, 0.29) is 17.0 Å². The Morgan fingerprint density at radius 2 is 1.56 bits per heavy atom. The van der Waals surface area contributed by atoms with Crippen molar-refractivity contribution in [1.29, 1.82) is 0 Å². The van der Waals surface area contributed by atoms with Gasteiger partial charge in [-0.2, -0.15) is 0 Å². The van der Waals surface area contributed by atoms with Crippen LogP contribution in [0, 0.1) is 0 Å². The van der Waals surface area contributed by atoms with E-state index in [1.165, 1.54) is 0 Å². The lowest BCUT2D eigenvalue weighted by Crippen LogP contribution is -2.13. The zero-order chi connectivity index (χ0) is 19.9. The largest absolute Gasteiger partial charge is 0.383 e. The standard InChI is InChI=1S/C14H14N2/c15-14(13-9-5-2-6-10-13)16-11-12-7-3-1-4-8-12/h1-10H,11H2,(H2,15,16)/i1D,2D,3D,4D,5D,6D,7D,8D,9D,10D. The SMILES string of the molecule is [2H]c1c([2H])c([2H])c(CN=C(N)c2c([2H])c([2H])c([2H])c([2H])c2[2H])c([2H])c1[2H]. The summed E-state index contributed by atoms with van der Waals surface area (Å²) in [6.07, 6.45) is 0. The smallest absolute Gasteiger partial charge is 0.125 e. The first-order valence-electron chi connectivity index (χ1n) is 9.43. The van der Waals surface area contributed by atoms with Gasteiger partial charge in [-0.05, 0) is 5.56 Å². The summed E-state index contributed by atoms with van der Waals surface area (Å²) in [6.45, 7) is -0.399. The van der Waals surface area contributed by atoms with Crippen LogP contribution in [0.2, 0.25) is 0 Å². The summed E-state index contributed by atoms with van der Waals surface area (Å²) in [6, 6.07) is -5.20. The Balaban J connectivity index is 2.55. The zero-order valence-corrected chi connectivity index (χ0v) is 8.23. The van der Waals surface area contributed by atoms with E-state index in [9.17, 15) is 0 Å². The highest BCUT2D eigenvalue weighted by Gasteiger charge is 1.95. The Kier molecular flexibility index (Phi) is 1.20. The van der Waals surface area contributed by atoms with Crippen molar-refractivity contribution in [1.82, 2.24) is 0 Å². The molecule has 0 atom stereocenters. The molecule has 0 aliphatic rings. The topological polar surface area (TPSA) is 38.4 Å². The monoisotopic (exact) mass is 220 g/mol. The van der Waals surface area contributed by atoms with Gasteiger partial charge in [0.25, 0.3) is 0 Å². The second-order valence-corrected chi connectivity index (χ2v) is 2.81. The molecule has 0 aliphatic heterocycles. The predicted octanol–water partition coefficient (Wildman–Crippen LogP) is 2.59. The summed E-state index contributed by atoms with van der Waals surface area (Å²) in [5.41, 5.74) is 5.36. The minimum absolute atomic E-state index is 0.105. The van der Waals surface area contributed by atoms with Gasteiger partial charge in [-0.3, -0.25) is 4.99 Å². The molecule has 0 aromatic heterocycles. The van der Waals surface area contributed by atoms with Crippen LogP contribution in [-0.4, -0.2) is 5.84 Å². The molecule has 0 unspecified atom stereocenters. The summed E-state index contributed by atoms with van der Waals surface area (Å²) in [5.74, 6) is -0.381. The molecule has 2 rings (SSSR count). The van der Waals surface area contributed by atoms with Gasteiger partial charge < -0.3 is 5.73 Å². The van der Waals surface area contributed by atoms with Crippen LogP contribution in [-0.2, 0) is 6.54 Å². The van der Waals surface area contributed by atoms with Crippen LogP contribution in [0.15, 0.2) is 65.4 Å². The molecule has 0 aliphatic carbocycles. The molecule has 0 heterocycles. The summed E-state index contributed by atoms with van der Waals surface area (Å²) < 4.78 is 76.9. The third-order valence-corrected chi connectivity index (χ3v) is 1.72. The fraction of sp³-hybridized carbons (Fsp3) is 0.0714. The van der Waals surface area contributed by atoms with Crippen LogP contribution in [0.25, 0.3) is 0 Å². The number of nitrogens with two attached hydrogens (primary N) is 1. The molecule has 80 valence electrons. The highest BCUT2D eigenvalue weighted by atomic mass is 14.8. The minimum Gasteiger partial charge on any atom is -0.383 e.